The quantitative estimate of drug-likeness (QED) is 0.796. The van der Waals surface area contributed by atoms with E-state index < -0.39 is 23.7 Å². The minimum absolute atomic E-state index is 0.273. The van der Waals surface area contributed by atoms with Gasteiger partial charge in [-0.3, -0.25) is 14.3 Å². The Morgan fingerprint density at radius 2 is 1.96 bits per heavy atom. The lowest BCUT2D eigenvalue weighted by atomic mass is 10.0. The van der Waals surface area contributed by atoms with Gasteiger partial charge in [0.1, 0.15) is 11.5 Å². The molecule has 0 radical (unpaired) electrons. The van der Waals surface area contributed by atoms with Crippen molar-refractivity contribution in [2.45, 2.75) is 26.3 Å². The zero-order valence-corrected chi connectivity index (χ0v) is 14.2. The Morgan fingerprint density at radius 1 is 1.32 bits per heavy atom. The van der Waals surface area contributed by atoms with Crippen LogP contribution in [0.4, 0.5) is 4.39 Å². The predicted octanol–water partition coefficient (Wildman–Crippen LogP) is 1.89. The summed E-state index contributed by atoms with van der Waals surface area (Å²) in [6, 6.07) is 4.55. The molecule has 134 valence electrons. The van der Waals surface area contributed by atoms with Crippen LogP contribution in [-0.2, 0) is 16.6 Å². The summed E-state index contributed by atoms with van der Waals surface area (Å²) in [4.78, 5) is 23.2. The maximum Gasteiger partial charge on any atom is 0.305 e. The Morgan fingerprint density at radius 3 is 2.48 bits per heavy atom. The monoisotopic (exact) mass is 349 g/mol. The highest BCUT2D eigenvalue weighted by molar-refractivity contribution is 5.79. The molecule has 1 heterocycles. The third kappa shape index (κ3) is 4.79. The topological polar surface area (TPSA) is 93.5 Å². The highest BCUT2D eigenvalue weighted by atomic mass is 19.1. The van der Waals surface area contributed by atoms with Crippen LogP contribution in [0, 0.1) is 19.7 Å². The second-order valence-corrected chi connectivity index (χ2v) is 5.68. The number of rotatable bonds is 7. The molecule has 0 saturated carbocycles. The van der Waals surface area contributed by atoms with Gasteiger partial charge in [0.05, 0.1) is 18.2 Å². The fourth-order valence-electron chi connectivity index (χ4n) is 2.46. The summed E-state index contributed by atoms with van der Waals surface area (Å²) < 4.78 is 20.2. The number of halogens is 1. The van der Waals surface area contributed by atoms with Crippen molar-refractivity contribution in [1.29, 1.82) is 0 Å². The average Bonchev–Trinajstić information content (AvgIpc) is 2.78. The molecule has 8 heteroatoms. The number of aryl methyl sites for hydroxylation is 2. The number of carboxylic acid groups (broad SMARTS) is 1. The fourth-order valence-corrected chi connectivity index (χ4v) is 2.46. The van der Waals surface area contributed by atoms with Crippen LogP contribution in [0.2, 0.25) is 0 Å². The molecule has 2 N–H and O–H groups in total. The first-order valence-electron chi connectivity index (χ1n) is 7.67. The van der Waals surface area contributed by atoms with Crippen molar-refractivity contribution in [3.8, 4) is 5.75 Å². The fraction of sp³-hybridized carbons (Fsp3) is 0.353. The number of aromatic nitrogens is 2. The van der Waals surface area contributed by atoms with Gasteiger partial charge in [0, 0.05) is 7.05 Å². The van der Waals surface area contributed by atoms with E-state index in [1.54, 1.807) is 18.7 Å². The second-order valence-electron chi connectivity index (χ2n) is 5.68. The molecule has 0 aliphatic carbocycles. The number of nitrogens with zero attached hydrogens (tertiary/aromatic N) is 2. The highest BCUT2D eigenvalue weighted by Crippen LogP contribution is 2.21. The van der Waals surface area contributed by atoms with Gasteiger partial charge >= 0.3 is 5.97 Å². The molecule has 0 aliphatic heterocycles. The Labute approximate surface area is 144 Å². The summed E-state index contributed by atoms with van der Waals surface area (Å²) in [6.07, 6.45) is -0.317. The number of carbonyl (C=O) groups is 2. The van der Waals surface area contributed by atoms with Gasteiger partial charge in [0.2, 0.25) is 0 Å². The Balaban J connectivity index is 2.04. The van der Waals surface area contributed by atoms with Crippen LogP contribution in [0.3, 0.4) is 0 Å². The van der Waals surface area contributed by atoms with E-state index in [4.69, 9.17) is 9.84 Å². The molecule has 0 spiro atoms. The summed E-state index contributed by atoms with van der Waals surface area (Å²) >= 11 is 0. The van der Waals surface area contributed by atoms with Crippen molar-refractivity contribution >= 4 is 11.9 Å². The Hall–Kier alpha value is -2.90. The minimum atomic E-state index is -1.07. The van der Waals surface area contributed by atoms with E-state index in [0.29, 0.717) is 17.0 Å². The molecule has 0 aliphatic rings. The number of carboxylic acids is 1. The number of carbonyl (C=O) groups excluding carboxylic acids is 1. The molecule has 1 atom stereocenters. The zero-order valence-electron chi connectivity index (χ0n) is 14.2. The number of aliphatic carboxylic acids is 1. The Bertz CT molecular complexity index is 771. The van der Waals surface area contributed by atoms with E-state index >= 15 is 0 Å². The molecule has 2 rings (SSSR count). The molecular formula is C17H20FN3O4. The van der Waals surface area contributed by atoms with E-state index in [-0.39, 0.29) is 13.0 Å². The third-order valence-electron chi connectivity index (χ3n) is 3.78. The average molecular weight is 349 g/mol. The first-order valence-corrected chi connectivity index (χ1v) is 7.67. The summed E-state index contributed by atoms with van der Waals surface area (Å²) in [5, 5.41) is 15.8. The first kappa shape index (κ1) is 18.4. The maximum absolute atomic E-state index is 13.0. The van der Waals surface area contributed by atoms with Gasteiger partial charge in [0.15, 0.2) is 12.4 Å². The molecule has 7 nitrogen and oxygen atoms in total. The molecule has 0 saturated heterocycles. The first-order chi connectivity index (χ1) is 11.8. The molecule has 1 aromatic heterocycles. The summed E-state index contributed by atoms with van der Waals surface area (Å²) in [5.74, 6) is -1.46. The van der Waals surface area contributed by atoms with Gasteiger partial charge in [-0.05, 0) is 31.5 Å². The number of benzene rings is 1. The maximum atomic E-state index is 13.0. The van der Waals surface area contributed by atoms with Gasteiger partial charge in [0.25, 0.3) is 5.91 Å². The minimum Gasteiger partial charge on any atom is -0.481 e. The Kier molecular flexibility index (Phi) is 5.74. The molecule has 0 fully saturated rings. The van der Waals surface area contributed by atoms with E-state index in [1.807, 2.05) is 6.92 Å². The molecule has 1 unspecified atom stereocenters. The van der Waals surface area contributed by atoms with E-state index in [2.05, 4.69) is 10.4 Å². The molecule has 0 bridgehead atoms. The zero-order chi connectivity index (χ0) is 18.6. The summed E-state index contributed by atoms with van der Waals surface area (Å²) in [5.41, 5.74) is 1.95. The number of nitrogens with one attached hydrogen (secondary N) is 1. The number of amides is 1. The standard InChI is InChI=1S/C17H20FN3O4/c1-10-17(11(2)21(3)20-10)25-9-15(22)19-14(8-16(23)24)12-4-6-13(18)7-5-12/h4-7,14H,8-9H2,1-3H3,(H,19,22)(H,23,24). The van der Waals surface area contributed by atoms with Crippen LogP contribution in [-0.4, -0.2) is 33.4 Å². The molecule has 1 aromatic carbocycles. The lowest BCUT2D eigenvalue weighted by molar-refractivity contribution is -0.137. The summed E-state index contributed by atoms with van der Waals surface area (Å²) in [6.45, 7) is 3.32. The van der Waals surface area contributed by atoms with Crippen LogP contribution in [0.25, 0.3) is 0 Å². The number of hydrogen-bond donors (Lipinski definition) is 2. The number of ether oxygens (including phenoxy) is 1. The highest BCUT2D eigenvalue weighted by Gasteiger charge is 2.19. The summed E-state index contributed by atoms with van der Waals surface area (Å²) in [7, 11) is 1.77. The van der Waals surface area contributed by atoms with Gasteiger partial charge in [-0.15, -0.1) is 0 Å². The van der Waals surface area contributed by atoms with Crippen LogP contribution >= 0.6 is 0 Å². The smallest absolute Gasteiger partial charge is 0.305 e. The predicted molar refractivity (Wildman–Crippen MR) is 87.7 cm³/mol. The number of hydrogen-bond acceptors (Lipinski definition) is 4. The normalized spacial score (nSPS) is 11.8. The van der Waals surface area contributed by atoms with Crippen molar-refractivity contribution in [3.63, 3.8) is 0 Å². The van der Waals surface area contributed by atoms with Crippen molar-refractivity contribution in [1.82, 2.24) is 15.1 Å². The van der Waals surface area contributed by atoms with Gasteiger partial charge < -0.3 is 15.2 Å². The van der Waals surface area contributed by atoms with Crippen LogP contribution in [0.1, 0.15) is 29.4 Å². The second kappa shape index (κ2) is 7.78. The van der Waals surface area contributed by atoms with Crippen LogP contribution < -0.4 is 10.1 Å². The molecular weight excluding hydrogens is 329 g/mol. The van der Waals surface area contributed by atoms with Crippen LogP contribution in [0.5, 0.6) is 5.75 Å². The van der Waals surface area contributed by atoms with E-state index in [1.165, 1.54) is 24.3 Å². The molecule has 25 heavy (non-hydrogen) atoms. The van der Waals surface area contributed by atoms with Crippen LogP contribution in [0.15, 0.2) is 24.3 Å². The van der Waals surface area contributed by atoms with Gasteiger partial charge in [-0.1, -0.05) is 12.1 Å². The van der Waals surface area contributed by atoms with E-state index in [0.717, 1.165) is 5.69 Å². The van der Waals surface area contributed by atoms with Crippen molar-refractivity contribution in [3.05, 3.63) is 47.0 Å². The van der Waals surface area contributed by atoms with Gasteiger partial charge in [-0.2, -0.15) is 5.10 Å². The van der Waals surface area contributed by atoms with Crippen molar-refractivity contribution in [2.24, 2.45) is 7.05 Å². The third-order valence-corrected chi connectivity index (χ3v) is 3.78. The SMILES string of the molecule is Cc1nn(C)c(C)c1OCC(=O)NC(CC(=O)O)c1ccc(F)cc1. The lowest BCUT2D eigenvalue weighted by Gasteiger charge is -2.17. The lowest BCUT2D eigenvalue weighted by Crippen LogP contribution is -2.34. The molecule has 2 aromatic rings. The van der Waals surface area contributed by atoms with Crippen molar-refractivity contribution < 1.29 is 23.8 Å². The van der Waals surface area contributed by atoms with E-state index in [9.17, 15) is 14.0 Å². The largest absolute Gasteiger partial charge is 0.481 e. The van der Waals surface area contributed by atoms with Gasteiger partial charge in [-0.25, -0.2) is 4.39 Å². The van der Waals surface area contributed by atoms with Crippen molar-refractivity contribution in [2.75, 3.05) is 6.61 Å². The molecule has 1 amide bonds.